The molecule has 0 amide bonds. The molecule has 1 aliphatic heterocycles. The molecule has 0 spiro atoms. The van der Waals surface area contributed by atoms with Gasteiger partial charge >= 0.3 is 0 Å². The van der Waals surface area contributed by atoms with Gasteiger partial charge in [-0.2, -0.15) is 0 Å². The maximum Gasteiger partial charge on any atom is 0.0497 e. The summed E-state index contributed by atoms with van der Waals surface area (Å²) in [7, 11) is 0. The van der Waals surface area contributed by atoms with Gasteiger partial charge in [-0.05, 0) is 20.3 Å². The molecule has 1 unspecified atom stereocenters. The van der Waals surface area contributed by atoms with Crippen LogP contribution in [0, 0.1) is 5.41 Å². The Morgan fingerprint density at radius 1 is 1.40 bits per heavy atom. The van der Waals surface area contributed by atoms with Crippen LogP contribution in [0.4, 0.5) is 0 Å². The predicted molar refractivity (Wildman–Crippen MR) is 41.9 cm³/mol. The highest BCUT2D eigenvalue weighted by molar-refractivity contribution is 4.96. The van der Waals surface area contributed by atoms with Gasteiger partial charge in [-0.3, -0.25) is 0 Å². The van der Waals surface area contributed by atoms with Gasteiger partial charge in [0, 0.05) is 24.1 Å². The molecule has 2 heteroatoms. The molecule has 0 saturated carbocycles. The SMILES string of the molecule is CC1(CO)CNC(C)(C)C1. The summed E-state index contributed by atoms with van der Waals surface area (Å²) in [5.74, 6) is 0. The average Bonchev–Trinajstić information content (AvgIpc) is 2.08. The van der Waals surface area contributed by atoms with Gasteiger partial charge in [0.2, 0.25) is 0 Å². The first kappa shape index (κ1) is 8.02. The second-order valence-corrected chi connectivity index (χ2v) is 4.38. The van der Waals surface area contributed by atoms with E-state index >= 15 is 0 Å². The van der Waals surface area contributed by atoms with Crippen molar-refractivity contribution in [1.82, 2.24) is 5.32 Å². The maximum absolute atomic E-state index is 9.02. The van der Waals surface area contributed by atoms with Crippen LogP contribution in [-0.4, -0.2) is 23.8 Å². The summed E-state index contributed by atoms with van der Waals surface area (Å²) >= 11 is 0. The first-order chi connectivity index (χ1) is 4.47. The van der Waals surface area contributed by atoms with Crippen molar-refractivity contribution in [2.45, 2.75) is 32.7 Å². The maximum atomic E-state index is 9.02. The lowest BCUT2D eigenvalue weighted by Gasteiger charge is -2.22. The minimum Gasteiger partial charge on any atom is -0.396 e. The zero-order valence-electron chi connectivity index (χ0n) is 7.07. The monoisotopic (exact) mass is 143 g/mol. The van der Waals surface area contributed by atoms with Crippen molar-refractivity contribution in [2.75, 3.05) is 13.2 Å². The van der Waals surface area contributed by atoms with Gasteiger partial charge in [0.1, 0.15) is 0 Å². The number of hydrogen-bond acceptors (Lipinski definition) is 2. The van der Waals surface area contributed by atoms with Crippen molar-refractivity contribution in [2.24, 2.45) is 5.41 Å². The number of hydrogen-bond donors (Lipinski definition) is 2. The Kier molecular flexibility index (Phi) is 1.77. The zero-order chi connectivity index (χ0) is 7.83. The molecule has 1 atom stereocenters. The lowest BCUT2D eigenvalue weighted by Crippen LogP contribution is -2.31. The molecule has 1 rings (SSSR count). The van der Waals surface area contributed by atoms with Crippen LogP contribution in [0.15, 0.2) is 0 Å². The minimum absolute atomic E-state index is 0.115. The van der Waals surface area contributed by atoms with Crippen molar-refractivity contribution >= 4 is 0 Å². The Labute approximate surface area is 62.6 Å². The van der Waals surface area contributed by atoms with Gasteiger partial charge in [0.05, 0.1) is 0 Å². The van der Waals surface area contributed by atoms with Crippen LogP contribution in [0.2, 0.25) is 0 Å². The normalized spacial score (nSPS) is 38.4. The molecule has 10 heavy (non-hydrogen) atoms. The highest BCUT2D eigenvalue weighted by atomic mass is 16.3. The van der Waals surface area contributed by atoms with Gasteiger partial charge in [0.25, 0.3) is 0 Å². The quantitative estimate of drug-likeness (QED) is 0.568. The smallest absolute Gasteiger partial charge is 0.0497 e. The van der Waals surface area contributed by atoms with Crippen molar-refractivity contribution in [3.05, 3.63) is 0 Å². The fourth-order valence-electron chi connectivity index (χ4n) is 1.76. The summed E-state index contributed by atoms with van der Waals surface area (Å²) in [6.07, 6.45) is 1.07. The van der Waals surface area contributed by atoms with Crippen LogP contribution in [0.3, 0.4) is 0 Å². The molecule has 0 aliphatic carbocycles. The summed E-state index contributed by atoms with van der Waals surface area (Å²) in [4.78, 5) is 0. The van der Waals surface area contributed by atoms with Crippen molar-refractivity contribution in [1.29, 1.82) is 0 Å². The highest BCUT2D eigenvalue weighted by Crippen LogP contribution is 2.33. The van der Waals surface area contributed by atoms with E-state index in [0.29, 0.717) is 6.61 Å². The van der Waals surface area contributed by atoms with E-state index in [4.69, 9.17) is 5.11 Å². The van der Waals surface area contributed by atoms with Crippen molar-refractivity contribution < 1.29 is 5.11 Å². The standard InChI is InChI=1S/C8H17NO/c1-7(2)4-8(3,6-10)5-9-7/h9-10H,4-6H2,1-3H3. The van der Waals surface area contributed by atoms with Crippen LogP contribution < -0.4 is 5.32 Å². The summed E-state index contributed by atoms with van der Waals surface area (Å²) in [5.41, 5.74) is 0.334. The Morgan fingerprint density at radius 2 is 2.00 bits per heavy atom. The topological polar surface area (TPSA) is 32.3 Å². The molecule has 2 N–H and O–H groups in total. The second kappa shape index (κ2) is 2.21. The first-order valence-electron chi connectivity index (χ1n) is 3.83. The molecular weight excluding hydrogens is 126 g/mol. The third kappa shape index (κ3) is 1.50. The molecule has 1 aliphatic rings. The molecule has 0 aromatic heterocycles. The Morgan fingerprint density at radius 3 is 2.20 bits per heavy atom. The molecule has 0 bridgehead atoms. The predicted octanol–water partition coefficient (Wildman–Crippen LogP) is 0.757. The number of aliphatic hydroxyl groups is 1. The van der Waals surface area contributed by atoms with Gasteiger partial charge < -0.3 is 10.4 Å². The van der Waals surface area contributed by atoms with Crippen LogP contribution in [-0.2, 0) is 0 Å². The summed E-state index contributed by atoms with van der Waals surface area (Å²) in [6.45, 7) is 7.70. The Hall–Kier alpha value is -0.0800. The van der Waals surface area contributed by atoms with E-state index < -0.39 is 0 Å². The second-order valence-electron chi connectivity index (χ2n) is 4.38. The Balaban J connectivity index is 2.57. The molecule has 1 saturated heterocycles. The number of aliphatic hydroxyl groups excluding tert-OH is 1. The average molecular weight is 143 g/mol. The van der Waals surface area contributed by atoms with Crippen LogP contribution in [0.5, 0.6) is 0 Å². The van der Waals surface area contributed by atoms with Crippen LogP contribution in [0.25, 0.3) is 0 Å². The van der Waals surface area contributed by atoms with Crippen molar-refractivity contribution in [3.63, 3.8) is 0 Å². The lowest BCUT2D eigenvalue weighted by molar-refractivity contribution is 0.154. The number of nitrogens with one attached hydrogen (secondary N) is 1. The summed E-state index contributed by atoms with van der Waals surface area (Å²) in [6, 6.07) is 0. The Bertz CT molecular complexity index is 133. The highest BCUT2D eigenvalue weighted by Gasteiger charge is 2.38. The van der Waals surface area contributed by atoms with Gasteiger partial charge in [-0.15, -0.1) is 0 Å². The molecule has 2 nitrogen and oxygen atoms in total. The third-order valence-electron chi connectivity index (χ3n) is 2.24. The van der Waals surface area contributed by atoms with Crippen LogP contribution in [0.1, 0.15) is 27.2 Å². The molecule has 1 fully saturated rings. The van der Waals surface area contributed by atoms with E-state index in [1.807, 2.05) is 0 Å². The molecule has 0 aromatic carbocycles. The summed E-state index contributed by atoms with van der Waals surface area (Å²) < 4.78 is 0. The van der Waals surface area contributed by atoms with E-state index in [-0.39, 0.29) is 11.0 Å². The van der Waals surface area contributed by atoms with E-state index in [1.54, 1.807) is 0 Å². The fourth-order valence-corrected chi connectivity index (χ4v) is 1.76. The minimum atomic E-state index is 0.115. The molecular formula is C8H17NO. The van der Waals surface area contributed by atoms with Gasteiger partial charge in [0.15, 0.2) is 0 Å². The zero-order valence-corrected chi connectivity index (χ0v) is 7.07. The van der Waals surface area contributed by atoms with Gasteiger partial charge in [-0.25, -0.2) is 0 Å². The molecule has 0 aromatic rings. The first-order valence-corrected chi connectivity index (χ1v) is 3.83. The van der Waals surface area contributed by atoms with E-state index in [9.17, 15) is 0 Å². The third-order valence-corrected chi connectivity index (χ3v) is 2.24. The lowest BCUT2D eigenvalue weighted by atomic mass is 9.85. The van der Waals surface area contributed by atoms with Gasteiger partial charge in [-0.1, -0.05) is 6.92 Å². The van der Waals surface area contributed by atoms with Crippen LogP contribution >= 0.6 is 0 Å². The van der Waals surface area contributed by atoms with Crippen molar-refractivity contribution in [3.8, 4) is 0 Å². The largest absolute Gasteiger partial charge is 0.396 e. The van der Waals surface area contributed by atoms with E-state index in [2.05, 4.69) is 26.1 Å². The van der Waals surface area contributed by atoms with E-state index in [0.717, 1.165) is 13.0 Å². The number of rotatable bonds is 1. The summed E-state index contributed by atoms with van der Waals surface area (Å²) in [5, 5.41) is 12.4. The molecule has 0 radical (unpaired) electrons. The molecule has 1 heterocycles. The molecule has 60 valence electrons. The van der Waals surface area contributed by atoms with E-state index in [1.165, 1.54) is 0 Å². The fraction of sp³-hybridized carbons (Fsp3) is 1.00.